The Morgan fingerprint density at radius 3 is 2.47 bits per heavy atom. The molecule has 0 bridgehead atoms. The normalized spacial score (nSPS) is 10.7. The van der Waals surface area contributed by atoms with E-state index in [9.17, 15) is 18.8 Å². The third kappa shape index (κ3) is 4.19. The summed E-state index contributed by atoms with van der Waals surface area (Å²) in [5.41, 5.74) is -2.62. The molecule has 0 unspecified atom stereocenters. The van der Waals surface area contributed by atoms with Gasteiger partial charge in [-0.1, -0.05) is 41.4 Å². The van der Waals surface area contributed by atoms with E-state index in [0.717, 1.165) is 4.68 Å². The summed E-state index contributed by atoms with van der Waals surface area (Å²) < 4.78 is 20.9. The summed E-state index contributed by atoms with van der Waals surface area (Å²) in [6.45, 7) is 1.56. The zero-order valence-corrected chi connectivity index (χ0v) is 18.5. The molecule has 4 aromatic rings. The monoisotopic (exact) mass is 500 g/mol. The van der Waals surface area contributed by atoms with E-state index in [2.05, 4.69) is 15.3 Å². The van der Waals surface area contributed by atoms with Gasteiger partial charge < -0.3 is 4.74 Å². The number of rotatable bonds is 4. The van der Waals surface area contributed by atoms with Crippen LogP contribution in [-0.2, 0) is 0 Å². The number of aromatic amines is 2. The predicted molar refractivity (Wildman–Crippen MR) is 120 cm³/mol. The molecule has 0 amide bonds. The quantitative estimate of drug-likeness (QED) is 0.437. The molecule has 0 aliphatic carbocycles. The molecular weight excluding hydrogens is 490 g/mol. The van der Waals surface area contributed by atoms with Gasteiger partial charge in [0.05, 0.1) is 21.3 Å². The summed E-state index contributed by atoms with van der Waals surface area (Å²) in [4.78, 5) is 37.9. The van der Waals surface area contributed by atoms with Gasteiger partial charge in [-0.3, -0.25) is 14.6 Å². The zero-order chi connectivity index (χ0) is 24.6. The van der Waals surface area contributed by atoms with Crippen LogP contribution >= 0.6 is 23.2 Å². The topological polar surface area (TPSA) is 147 Å². The van der Waals surface area contributed by atoms with Crippen molar-refractivity contribution in [2.45, 2.75) is 6.92 Å². The maximum absolute atomic E-state index is 14.5. The molecule has 0 spiro atoms. The van der Waals surface area contributed by atoms with Crippen molar-refractivity contribution in [2.24, 2.45) is 0 Å². The summed E-state index contributed by atoms with van der Waals surface area (Å²) in [5.74, 6) is -0.792. The molecule has 2 aromatic heterocycles. The Labute approximate surface area is 198 Å². The van der Waals surface area contributed by atoms with Gasteiger partial charge in [-0.15, -0.1) is 10.2 Å². The number of nitriles is 1. The van der Waals surface area contributed by atoms with Crippen LogP contribution in [0.1, 0.15) is 11.3 Å². The molecular formula is C21H11Cl2FN6O4. The molecule has 0 saturated carbocycles. The van der Waals surface area contributed by atoms with E-state index in [1.807, 2.05) is 4.98 Å². The standard InChI is InChI=1S/C21H11Cl2FN6O4/c1-9-3-2-4-11(17(9)24)12-7-16(27-28-19(12)31)34-18-13(22)5-10(6-14(18)23)30-21(33)26-20(32)15(8-25)29-30/h2-7H,1H3,(H,28,31)(H,26,32,33). The molecule has 10 nitrogen and oxygen atoms in total. The van der Waals surface area contributed by atoms with Crippen LogP contribution in [0.5, 0.6) is 11.6 Å². The van der Waals surface area contributed by atoms with Gasteiger partial charge in [0.15, 0.2) is 5.75 Å². The molecule has 4 rings (SSSR count). The lowest BCUT2D eigenvalue weighted by molar-refractivity contribution is 0.455. The fourth-order valence-corrected chi connectivity index (χ4v) is 3.57. The van der Waals surface area contributed by atoms with Crippen LogP contribution in [0.4, 0.5) is 4.39 Å². The summed E-state index contributed by atoms with van der Waals surface area (Å²) in [6, 6.07) is 9.91. The summed E-state index contributed by atoms with van der Waals surface area (Å²) in [6.07, 6.45) is 0. The third-order valence-electron chi connectivity index (χ3n) is 4.63. The van der Waals surface area contributed by atoms with E-state index >= 15 is 0 Å². The fourth-order valence-electron chi connectivity index (χ4n) is 3.01. The first-order valence-electron chi connectivity index (χ1n) is 9.36. The molecule has 13 heteroatoms. The average Bonchev–Trinajstić information content (AvgIpc) is 2.79. The Balaban J connectivity index is 1.75. The molecule has 2 N–H and O–H groups in total. The second-order valence-electron chi connectivity index (χ2n) is 6.86. The Morgan fingerprint density at radius 1 is 1.09 bits per heavy atom. The summed E-state index contributed by atoms with van der Waals surface area (Å²) in [5, 5.41) is 18.5. The van der Waals surface area contributed by atoms with Crippen molar-refractivity contribution in [1.82, 2.24) is 25.0 Å². The van der Waals surface area contributed by atoms with E-state index in [-0.39, 0.29) is 38.5 Å². The lowest BCUT2D eigenvalue weighted by atomic mass is 10.0. The molecule has 0 saturated heterocycles. The number of aromatic nitrogens is 5. The van der Waals surface area contributed by atoms with Gasteiger partial charge in [-0.05, 0) is 24.6 Å². The van der Waals surface area contributed by atoms with Crippen molar-refractivity contribution in [3.05, 3.63) is 94.7 Å². The minimum absolute atomic E-state index is 0.0249. The lowest BCUT2D eigenvalue weighted by Crippen LogP contribution is -2.33. The number of benzene rings is 2. The molecule has 0 radical (unpaired) electrons. The van der Waals surface area contributed by atoms with Gasteiger partial charge in [0, 0.05) is 11.6 Å². The number of hydrogen-bond donors (Lipinski definition) is 2. The van der Waals surface area contributed by atoms with E-state index in [4.69, 9.17) is 33.2 Å². The number of H-pyrrole nitrogens is 2. The molecule has 170 valence electrons. The maximum atomic E-state index is 14.5. The Morgan fingerprint density at radius 2 is 1.79 bits per heavy atom. The first kappa shape index (κ1) is 22.9. The van der Waals surface area contributed by atoms with Crippen molar-refractivity contribution in [2.75, 3.05) is 0 Å². The molecule has 0 aliphatic rings. The zero-order valence-electron chi connectivity index (χ0n) is 17.0. The smallest absolute Gasteiger partial charge is 0.349 e. The number of ether oxygens (including phenoxy) is 1. The Bertz CT molecular complexity index is 1650. The number of halogens is 3. The summed E-state index contributed by atoms with van der Waals surface area (Å²) >= 11 is 12.6. The highest BCUT2D eigenvalue weighted by Gasteiger charge is 2.18. The largest absolute Gasteiger partial charge is 0.434 e. The van der Waals surface area contributed by atoms with Crippen molar-refractivity contribution < 1.29 is 9.13 Å². The fraction of sp³-hybridized carbons (Fsp3) is 0.0476. The van der Waals surface area contributed by atoms with Gasteiger partial charge in [-0.25, -0.2) is 14.3 Å². The number of aryl methyl sites for hydroxylation is 1. The van der Waals surface area contributed by atoms with Crippen molar-refractivity contribution in [3.63, 3.8) is 0 Å². The highest BCUT2D eigenvalue weighted by molar-refractivity contribution is 6.37. The lowest BCUT2D eigenvalue weighted by Gasteiger charge is -2.12. The minimum Gasteiger partial charge on any atom is -0.434 e. The van der Waals surface area contributed by atoms with Crippen molar-refractivity contribution in [3.8, 4) is 34.5 Å². The first-order chi connectivity index (χ1) is 16.2. The number of hydrogen-bond acceptors (Lipinski definition) is 7. The van der Waals surface area contributed by atoms with Crippen LogP contribution in [0.15, 0.2) is 50.8 Å². The van der Waals surface area contributed by atoms with E-state index in [0.29, 0.717) is 5.56 Å². The van der Waals surface area contributed by atoms with Gasteiger partial charge in [0.2, 0.25) is 11.6 Å². The predicted octanol–water partition coefficient (Wildman–Crippen LogP) is 3.09. The van der Waals surface area contributed by atoms with Crippen LogP contribution in [0.2, 0.25) is 10.0 Å². The van der Waals surface area contributed by atoms with Crippen LogP contribution in [-0.4, -0.2) is 25.0 Å². The second kappa shape index (κ2) is 8.93. The van der Waals surface area contributed by atoms with Crippen LogP contribution < -0.4 is 21.5 Å². The SMILES string of the molecule is Cc1cccc(-c2cc(Oc3c(Cl)cc(-n4nc(C#N)c(=O)[nH]c4=O)cc3Cl)n[nH]c2=O)c1F. The molecule has 0 atom stereocenters. The van der Waals surface area contributed by atoms with E-state index in [1.54, 1.807) is 25.1 Å². The average molecular weight is 501 g/mol. The van der Waals surface area contributed by atoms with Crippen LogP contribution in [0.3, 0.4) is 0 Å². The van der Waals surface area contributed by atoms with Crippen molar-refractivity contribution in [1.29, 1.82) is 5.26 Å². The third-order valence-corrected chi connectivity index (χ3v) is 5.19. The van der Waals surface area contributed by atoms with Gasteiger partial charge in [-0.2, -0.15) is 9.94 Å². The van der Waals surface area contributed by atoms with E-state index < -0.39 is 28.3 Å². The maximum Gasteiger partial charge on any atom is 0.349 e. The highest BCUT2D eigenvalue weighted by Crippen LogP contribution is 2.38. The van der Waals surface area contributed by atoms with Gasteiger partial charge in [0.1, 0.15) is 11.9 Å². The molecule has 2 aromatic carbocycles. The van der Waals surface area contributed by atoms with Crippen LogP contribution in [0.25, 0.3) is 16.8 Å². The Hall–Kier alpha value is -4.27. The molecule has 0 fully saturated rings. The van der Waals surface area contributed by atoms with Crippen LogP contribution in [0, 0.1) is 24.1 Å². The van der Waals surface area contributed by atoms with Gasteiger partial charge >= 0.3 is 5.69 Å². The number of nitrogens with zero attached hydrogens (tertiary/aromatic N) is 4. The second-order valence-corrected chi connectivity index (χ2v) is 7.67. The van der Waals surface area contributed by atoms with Gasteiger partial charge in [0.25, 0.3) is 11.1 Å². The molecule has 2 heterocycles. The Kier molecular flexibility index (Phi) is 6.02. The molecule has 0 aliphatic heterocycles. The van der Waals surface area contributed by atoms with E-state index in [1.165, 1.54) is 24.3 Å². The summed E-state index contributed by atoms with van der Waals surface area (Å²) in [7, 11) is 0. The minimum atomic E-state index is -0.939. The first-order valence-corrected chi connectivity index (χ1v) is 10.1. The molecule has 34 heavy (non-hydrogen) atoms. The van der Waals surface area contributed by atoms with Crippen molar-refractivity contribution >= 4 is 23.2 Å². The highest BCUT2D eigenvalue weighted by atomic mass is 35.5. The number of nitrogens with one attached hydrogen (secondary N) is 2.